The number of sulfonamides is 1. The lowest BCUT2D eigenvalue weighted by Gasteiger charge is -2.36. The highest BCUT2D eigenvalue weighted by Crippen LogP contribution is 2.33. The van der Waals surface area contributed by atoms with Gasteiger partial charge in [0.15, 0.2) is 0 Å². The molecule has 1 fully saturated rings. The van der Waals surface area contributed by atoms with Crippen molar-refractivity contribution < 1.29 is 13.2 Å². The maximum atomic E-state index is 13.7. The molecule has 1 saturated carbocycles. The van der Waals surface area contributed by atoms with Gasteiger partial charge >= 0.3 is 0 Å². The standard InChI is InChI=1S/C23H35N3O3S/c1-4-5-15-29-22-11-13-23(14-12-22)30(27,28)26(17-21-16-24-18-25(21)3)19(2)20-9-7-6-8-10-20/h11-14,16,18-20H,4-10,15,17H2,1-3H3/t19-/m1/s1. The maximum absolute atomic E-state index is 13.7. The molecule has 3 rings (SSSR count). The summed E-state index contributed by atoms with van der Waals surface area (Å²) in [6.07, 6.45) is 11.3. The van der Waals surface area contributed by atoms with Crippen molar-refractivity contribution >= 4 is 10.0 Å². The largest absolute Gasteiger partial charge is 0.494 e. The van der Waals surface area contributed by atoms with E-state index >= 15 is 0 Å². The molecule has 2 aromatic rings. The molecule has 0 saturated heterocycles. The first-order valence-electron chi connectivity index (χ1n) is 11.1. The van der Waals surface area contributed by atoms with E-state index in [0.717, 1.165) is 31.4 Å². The number of nitrogens with zero attached hydrogens (tertiary/aromatic N) is 3. The fourth-order valence-corrected chi connectivity index (χ4v) is 5.84. The van der Waals surface area contributed by atoms with Crippen LogP contribution in [0.3, 0.4) is 0 Å². The summed E-state index contributed by atoms with van der Waals surface area (Å²) in [5, 5.41) is 0. The Morgan fingerprint density at radius 1 is 1.20 bits per heavy atom. The lowest BCUT2D eigenvalue weighted by atomic mass is 9.84. The quantitative estimate of drug-likeness (QED) is 0.507. The Morgan fingerprint density at radius 3 is 2.50 bits per heavy atom. The third-order valence-electron chi connectivity index (χ3n) is 6.22. The van der Waals surface area contributed by atoms with Gasteiger partial charge in [0.1, 0.15) is 5.75 Å². The van der Waals surface area contributed by atoms with Crippen molar-refractivity contribution in [2.45, 2.75) is 76.3 Å². The second kappa shape index (κ2) is 10.4. The second-order valence-electron chi connectivity index (χ2n) is 8.36. The minimum Gasteiger partial charge on any atom is -0.494 e. The normalized spacial score (nSPS) is 16.7. The summed E-state index contributed by atoms with van der Waals surface area (Å²) in [6, 6.07) is 6.79. The number of imidazole rings is 1. The van der Waals surface area contributed by atoms with Crippen LogP contribution in [0.25, 0.3) is 0 Å². The molecule has 30 heavy (non-hydrogen) atoms. The van der Waals surface area contributed by atoms with Gasteiger partial charge in [-0.05, 0) is 56.4 Å². The van der Waals surface area contributed by atoms with Crippen molar-refractivity contribution in [2.24, 2.45) is 13.0 Å². The van der Waals surface area contributed by atoms with Crippen LogP contribution in [0.15, 0.2) is 41.7 Å². The van der Waals surface area contributed by atoms with Crippen molar-refractivity contribution in [3.05, 3.63) is 42.5 Å². The Bertz CT molecular complexity index is 887. The van der Waals surface area contributed by atoms with Gasteiger partial charge in [-0.15, -0.1) is 0 Å². The molecule has 0 unspecified atom stereocenters. The number of hydrogen-bond acceptors (Lipinski definition) is 4. The Kier molecular flexibility index (Phi) is 7.94. The van der Waals surface area contributed by atoms with Gasteiger partial charge in [0.25, 0.3) is 0 Å². The first-order valence-corrected chi connectivity index (χ1v) is 12.6. The summed E-state index contributed by atoms with van der Waals surface area (Å²) in [7, 11) is -1.74. The van der Waals surface area contributed by atoms with Gasteiger partial charge in [0.05, 0.1) is 30.1 Å². The van der Waals surface area contributed by atoms with E-state index in [2.05, 4.69) is 18.8 Å². The van der Waals surface area contributed by atoms with Gasteiger partial charge in [-0.1, -0.05) is 32.6 Å². The molecule has 1 atom stereocenters. The van der Waals surface area contributed by atoms with E-state index in [1.165, 1.54) is 19.3 Å². The van der Waals surface area contributed by atoms with Gasteiger partial charge in [-0.25, -0.2) is 13.4 Å². The fourth-order valence-electron chi connectivity index (χ4n) is 4.17. The zero-order valence-electron chi connectivity index (χ0n) is 18.5. The molecular formula is C23H35N3O3S. The highest BCUT2D eigenvalue weighted by atomic mass is 32.2. The van der Waals surface area contributed by atoms with Crippen molar-refractivity contribution in [3.8, 4) is 5.75 Å². The zero-order chi connectivity index (χ0) is 21.6. The second-order valence-corrected chi connectivity index (χ2v) is 10.2. The van der Waals surface area contributed by atoms with Crippen LogP contribution in [0, 0.1) is 5.92 Å². The molecule has 0 spiro atoms. The molecule has 7 heteroatoms. The lowest BCUT2D eigenvalue weighted by molar-refractivity contribution is 0.199. The van der Waals surface area contributed by atoms with E-state index in [9.17, 15) is 8.42 Å². The average molecular weight is 434 g/mol. The van der Waals surface area contributed by atoms with Gasteiger partial charge in [0, 0.05) is 19.3 Å². The zero-order valence-corrected chi connectivity index (χ0v) is 19.3. The van der Waals surface area contributed by atoms with Crippen LogP contribution in [0.2, 0.25) is 0 Å². The highest BCUT2D eigenvalue weighted by molar-refractivity contribution is 7.89. The third kappa shape index (κ3) is 5.43. The van der Waals surface area contributed by atoms with E-state index in [-0.39, 0.29) is 6.04 Å². The van der Waals surface area contributed by atoms with Gasteiger partial charge < -0.3 is 9.30 Å². The molecular weight excluding hydrogens is 398 g/mol. The van der Waals surface area contributed by atoms with Crippen molar-refractivity contribution in [1.29, 1.82) is 0 Å². The Morgan fingerprint density at radius 2 is 1.90 bits per heavy atom. The molecule has 0 bridgehead atoms. The summed E-state index contributed by atoms with van der Waals surface area (Å²) in [6.45, 7) is 5.15. The van der Waals surface area contributed by atoms with Crippen molar-refractivity contribution in [2.75, 3.05) is 6.61 Å². The van der Waals surface area contributed by atoms with E-state index < -0.39 is 10.0 Å². The molecule has 1 aliphatic carbocycles. The van der Waals surface area contributed by atoms with Crippen LogP contribution >= 0.6 is 0 Å². The molecule has 0 amide bonds. The Labute approximate surface area is 181 Å². The predicted octanol–water partition coefficient (Wildman–Crippen LogP) is 4.76. The predicted molar refractivity (Wildman–Crippen MR) is 119 cm³/mol. The van der Waals surface area contributed by atoms with Crippen LogP contribution in [0.5, 0.6) is 5.75 Å². The van der Waals surface area contributed by atoms with E-state index in [4.69, 9.17) is 4.74 Å². The summed E-state index contributed by atoms with van der Waals surface area (Å²) < 4.78 is 36.6. The summed E-state index contributed by atoms with van der Waals surface area (Å²) >= 11 is 0. The molecule has 0 aliphatic heterocycles. The summed E-state index contributed by atoms with van der Waals surface area (Å²) in [4.78, 5) is 4.49. The Hall–Kier alpha value is -1.86. The van der Waals surface area contributed by atoms with Gasteiger partial charge in [-0.3, -0.25) is 0 Å². The molecule has 0 N–H and O–H groups in total. The monoisotopic (exact) mass is 433 g/mol. The minimum atomic E-state index is -3.65. The number of ether oxygens (including phenoxy) is 1. The topological polar surface area (TPSA) is 64.4 Å². The maximum Gasteiger partial charge on any atom is 0.243 e. The van der Waals surface area contributed by atoms with Crippen LogP contribution in [0.4, 0.5) is 0 Å². The number of rotatable bonds is 10. The average Bonchev–Trinajstić information content (AvgIpc) is 3.17. The molecule has 1 heterocycles. The number of unbranched alkanes of at least 4 members (excludes halogenated alkanes) is 1. The minimum absolute atomic E-state index is 0.0642. The van der Waals surface area contributed by atoms with E-state index in [1.807, 2.05) is 11.6 Å². The molecule has 166 valence electrons. The number of aryl methyl sites for hydroxylation is 1. The third-order valence-corrected chi connectivity index (χ3v) is 8.16. The SMILES string of the molecule is CCCCOc1ccc(S(=O)(=O)N(Cc2cncn2C)[C@H](C)C2CCCCC2)cc1. The highest BCUT2D eigenvalue weighted by Gasteiger charge is 2.34. The van der Waals surface area contributed by atoms with E-state index in [0.29, 0.717) is 29.7 Å². The smallest absolute Gasteiger partial charge is 0.243 e. The molecule has 1 aromatic carbocycles. The lowest BCUT2D eigenvalue weighted by Crippen LogP contribution is -2.43. The molecule has 1 aliphatic rings. The Balaban J connectivity index is 1.85. The van der Waals surface area contributed by atoms with Crippen LogP contribution in [-0.4, -0.2) is 34.9 Å². The summed E-state index contributed by atoms with van der Waals surface area (Å²) in [5.41, 5.74) is 0.890. The van der Waals surface area contributed by atoms with Crippen LogP contribution in [-0.2, 0) is 23.6 Å². The number of aromatic nitrogens is 2. The summed E-state index contributed by atoms with van der Waals surface area (Å²) in [5.74, 6) is 1.10. The number of benzene rings is 1. The van der Waals surface area contributed by atoms with Gasteiger partial charge in [-0.2, -0.15) is 4.31 Å². The number of hydrogen-bond donors (Lipinski definition) is 0. The fraction of sp³-hybridized carbons (Fsp3) is 0.609. The van der Waals surface area contributed by atoms with Gasteiger partial charge in [0.2, 0.25) is 10.0 Å². The molecule has 6 nitrogen and oxygen atoms in total. The van der Waals surface area contributed by atoms with Crippen LogP contribution < -0.4 is 4.74 Å². The van der Waals surface area contributed by atoms with Crippen molar-refractivity contribution in [3.63, 3.8) is 0 Å². The van der Waals surface area contributed by atoms with E-state index in [1.54, 1.807) is 41.1 Å². The van der Waals surface area contributed by atoms with Crippen LogP contribution in [0.1, 0.15) is 64.5 Å². The first kappa shape index (κ1) is 22.8. The molecule has 0 radical (unpaired) electrons. The first-order chi connectivity index (χ1) is 14.4. The van der Waals surface area contributed by atoms with Crippen molar-refractivity contribution in [1.82, 2.24) is 13.9 Å². The molecule has 1 aromatic heterocycles.